The van der Waals surface area contributed by atoms with E-state index in [-0.39, 0.29) is 6.10 Å². The number of hydrogen-bond donors (Lipinski definition) is 1. The third-order valence-electron chi connectivity index (χ3n) is 8.11. The van der Waals surface area contributed by atoms with Crippen molar-refractivity contribution in [3.05, 3.63) is 42.5 Å². The largest absolute Gasteiger partial charge is 0.356 e. The molecule has 204 valence electrons. The third-order valence-corrected chi connectivity index (χ3v) is 9.97. The van der Waals surface area contributed by atoms with Crippen molar-refractivity contribution in [1.29, 1.82) is 0 Å². The lowest BCUT2D eigenvalue weighted by Crippen LogP contribution is -2.50. The van der Waals surface area contributed by atoms with E-state index < -0.39 is 6.41 Å². The van der Waals surface area contributed by atoms with E-state index in [1.54, 1.807) is 11.8 Å². The maximum Gasteiger partial charge on any atom is 0.216 e. The second-order valence-corrected chi connectivity index (χ2v) is 13.4. The van der Waals surface area contributed by atoms with Crippen molar-refractivity contribution < 1.29 is 9.84 Å². The molecule has 2 aliphatic heterocycles. The van der Waals surface area contributed by atoms with Crippen LogP contribution in [0.2, 0.25) is 0 Å². The highest BCUT2D eigenvalue weighted by atomic mass is 32.2. The number of piperidine rings is 1. The molecule has 4 rings (SSSR count). The number of aliphatic hydroxyl groups excluding tert-OH is 1. The van der Waals surface area contributed by atoms with Crippen LogP contribution in [0.25, 0.3) is 0 Å². The van der Waals surface area contributed by atoms with Gasteiger partial charge in [0.25, 0.3) is 0 Å². The predicted octanol–water partition coefficient (Wildman–Crippen LogP) is 8.26. The van der Waals surface area contributed by atoms with Gasteiger partial charge >= 0.3 is 0 Å². The minimum absolute atomic E-state index is 0.0698. The van der Waals surface area contributed by atoms with Crippen molar-refractivity contribution in [2.24, 2.45) is 17.8 Å². The summed E-state index contributed by atoms with van der Waals surface area (Å²) in [6.45, 7) is 13.1. The van der Waals surface area contributed by atoms with Crippen molar-refractivity contribution in [1.82, 2.24) is 4.90 Å². The Labute approximate surface area is 233 Å². The molecule has 2 heterocycles. The maximum absolute atomic E-state index is 11.4. The summed E-state index contributed by atoms with van der Waals surface area (Å²) in [4.78, 5) is 8.67. The highest BCUT2D eigenvalue weighted by Gasteiger charge is 2.33. The highest BCUT2D eigenvalue weighted by molar-refractivity contribution is 8.00. The zero-order valence-corrected chi connectivity index (χ0v) is 25.2. The molecule has 0 aromatic heterocycles. The minimum atomic E-state index is -0.838. The van der Waals surface area contributed by atoms with Crippen LogP contribution in [0.1, 0.15) is 66.7 Å². The molecule has 0 amide bonds. The molecule has 0 saturated carbocycles. The first kappa shape index (κ1) is 28.8. The van der Waals surface area contributed by atoms with E-state index >= 15 is 0 Å². The number of para-hydroxylation sites is 1. The van der Waals surface area contributed by atoms with Gasteiger partial charge in [0.1, 0.15) is 0 Å². The average Bonchev–Trinajstić information content (AvgIpc) is 2.89. The van der Waals surface area contributed by atoms with Gasteiger partial charge in [-0.05, 0) is 80.0 Å². The number of hydrogen-bond acceptors (Lipinski definition) is 6. The molecule has 1 saturated heterocycles. The van der Waals surface area contributed by atoms with E-state index in [0.29, 0.717) is 23.8 Å². The van der Waals surface area contributed by atoms with Crippen LogP contribution in [-0.2, 0) is 4.74 Å². The number of ether oxygens (including phenoxy) is 1. The molecule has 37 heavy (non-hydrogen) atoms. The molecule has 2 aromatic rings. The van der Waals surface area contributed by atoms with Crippen LogP contribution < -0.4 is 4.90 Å². The minimum Gasteiger partial charge on any atom is -0.356 e. The molecular weight excluding hydrogens is 496 g/mol. The molecule has 6 heteroatoms. The Morgan fingerprint density at radius 1 is 1.03 bits per heavy atom. The first-order valence-electron chi connectivity index (χ1n) is 14.1. The predicted molar refractivity (Wildman–Crippen MR) is 159 cm³/mol. The number of fused-ring (bicyclic) bond motifs is 2. The summed E-state index contributed by atoms with van der Waals surface area (Å²) in [7, 11) is 0. The Kier molecular flexibility index (Phi) is 10.3. The fourth-order valence-electron chi connectivity index (χ4n) is 5.60. The molecule has 0 radical (unpaired) electrons. The van der Waals surface area contributed by atoms with Gasteiger partial charge in [0.15, 0.2) is 0 Å². The van der Waals surface area contributed by atoms with Crippen LogP contribution in [0.4, 0.5) is 11.4 Å². The van der Waals surface area contributed by atoms with Crippen molar-refractivity contribution in [3.63, 3.8) is 0 Å². The lowest BCUT2D eigenvalue weighted by Gasteiger charge is -2.42. The number of aliphatic hydroxyl groups is 1. The van der Waals surface area contributed by atoms with Gasteiger partial charge < -0.3 is 14.7 Å². The Morgan fingerprint density at radius 3 is 2.51 bits per heavy atom. The highest BCUT2D eigenvalue weighted by Crippen LogP contribution is 2.49. The van der Waals surface area contributed by atoms with Gasteiger partial charge in [0.2, 0.25) is 6.41 Å². The van der Waals surface area contributed by atoms with Crippen LogP contribution in [0.15, 0.2) is 57.2 Å². The fourth-order valence-corrected chi connectivity index (χ4v) is 7.11. The first-order valence-corrected chi connectivity index (χ1v) is 16.1. The number of thioether (sulfide) groups is 1. The van der Waals surface area contributed by atoms with Crippen molar-refractivity contribution in [3.8, 4) is 0 Å². The van der Waals surface area contributed by atoms with Gasteiger partial charge in [0, 0.05) is 33.8 Å². The molecule has 2 aliphatic rings. The van der Waals surface area contributed by atoms with E-state index in [4.69, 9.17) is 4.74 Å². The smallest absolute Gasteiger partial charge is 0.216 e. The topological polar surface area (TPSA) is 35.9 Å². The number of rotatable bonds is 11. The molecular formula is C31H46N2O2S2. The van der Waals surface area contributed by atoms with Crippen LogP contribution >= 0.6 is 23.5 Å². The number of anilines is 2. The first-order chi connectivity index (χ1) is 17.8. The van der Waals surface area contributed by atoms with Crippen molar-refractivity contribution >= 4 is 34.9 Å². The molecule has 4 atom stereocenters. The van der Waals surface area contributed by atoms with E-state index in [0.717, 1.165) is 38.8 Å². The summed E-state index contributed by atoms with van der Waals surface area (Å²) in [5, 5.41) is 11.4. The van der Waals surface area contributed by atoms with Gasteiger partial charge in [-0.2, -0.15) is 0 Å². The molecule has 4 unspecified atom stereocenters. The Balaban J connectivity index is 1.51. The standard InChI is InChI=1S/C31H46N2O2S2/c1-21(2)19-28(23(5)22(3)4)35-31(34)32-17-10-9-11-24(32)16-18-33-26-12-7-8-13-29(26)37-30-15-14-25(36-6)20-27(30)33/h7-8,12-15,20-24,28,31,34H,9-11,16-19H2,1-6H3. The van der Waals surface area contributed by atoms with E-state index in [1.807, 2.05) is 11.8 Å². The third kappa shape index (κ3) is 7.07. The molecule has 0 aliphatic carbocycles. The summed E-state index contributed by atoms with van der Waals surface area (Å²) < 4.78 is 6.45. The van der Waals surface area contributed by atoms with Gasteiger partial charge in [0.05, 0.1) is 17.5 Å². The van der Waals surface area contributed by atoms with Gasteiger partial charge in [-0.15, -0.1) is 11.8 Å². The van der Waals surface area contributed by atoms with Crippen LogP contribution in [-0.4, -0.2) is 47.9 Å². The Morgan fingerprint density at radius 2 is 1.78 bits per heavy atom. The summed E-state index contributed by atoms with van der Waals surface area (Å²) in [6.07, 6.45) is 6.79. The van der Waals surface area contributed by atoms with Crippen molar-refractivity contribution in [2.75, 3.05) is 24.2 Å². The molecule has 2 aromatic carbocycles. The molecule has 1 N–H and O–H groups in total. The van der Waals surface area contributed by atoms with E-state index in [1.165, 1.54) is 32.5 Å². The lowest BCUT2D eigenvalue weighted by molar-refractivity contribution is -0.245. The zero-order valence-electron chi connectivity index (χ0n) is 23.5. The molecule has 0 spiro atoms. The SMILES string of the molecule is CSc1ccc2c(c1)N(CCC1CCCCN1C(O)OC(CC(C)C)C(C)C(C)C)c1ccccc1S2. The molecule has 1 fully saturated rings. The van der Waals surface area contributed by atoms with E-state index in [2.05, 4.69) is 93.1 Å². The van der Waals surface area contributed by atoms with Gasteiger partial charge in [-0.25, -0.2) is 0 Å². The van der Waals surface area contributed by atoms with Crippen molar-refractivity contribution in [2.45, 2.75) is 100.0 Å². The fraction of sp³-hybridized carbons (Fsp3) is 0.613. The Bertz CT molecular complexity index is 1010. The van der Waals surface area contributed by atoms with Crippen LogP contribution in [0.3, 0.4) is 0 Å². The summed E-state index contributed by atoms with van der Waals surface area (Å²) >= 11 is 3.66. The zero-order chi connectivity index (χ0) is 26.5. The summed E-state index contributed by atoms with van der Waals surface area (Å²) in [5.41, 5.74) is 2.60. The monoisotopic (exact) mass is 542 g/mol. The van der Waals surface area contributed by atoms with Crippen LogP contribution in [0, 0.1) is 17.8 Å². The maximum atomic E-state index is 11.4. The van der Waals surface area contributed by atoms with Gasteiger partial charge in [-0.1, -0.05) is 64.9 Å². The number of likely N-dealkylation sites (tertiary alicyclic amines) is 1. The number of benzene rings is 2. The second kappa shape index (κ2) is 13.3. The Hall–Kier alpha value is -1.18. The van der Waals surface area contributed by atoms with Gasteiger partial charge in [-0.3, -0.25) is 4.90 Å². The van der Waals surface area contributed by atoms with E-state index in [9.17, 15) is 5.11 Å². The molecule has 0 bridgehead atoms. The lowest BCUT2D eigenvalue weighted by atomic mass is 9.87. The normalized spacial score (nSPS) is 20.6. The average molecular weight is 543 g/mol. The van der Waals surface area contributed by atoms with Crippen LogP contribution in [0.5, 0.6) is 0 Å². The molecule has 4 nitrogen and oxygen atoms in total. The quantitative estimate of drug-likeness (QED) is 0.227. The number of nitrogens with zero attached hydrogens (tertiary/aromatic N) is 2. The summed E-state index contributed by atoms with van der Waals surface area (Å²) in [5.74, 6) is 1.47. The summed E-state index contributed by atoms with van der Waals surface area (Å²) in [6, 6.07) is 15.9. The second-order valence-electron chi connectivity index (χ2n) is 11.5.